The van der Waals surface area contributed by atoms with E-state index in [1.54, 1.807) is 18.6 Å². The Kier molecular flexibility index (Phi) is 3.98. The second-order valence-electron chi connectivity index (χ2n) is 4.45. The van der Waals surface area contributed by atoms with E-state index >= 15 is 0 Å². The lowest BCUT2D eigenvalue weighted by molar-refractivity contribution is 0.122. The van der Waals surface area contributed by atoms with Crippen molar-refractivity contribution in [2.45, 2.75) is 6.54 Å². The maximum atomic E-state index is 5.32. The van der Waals surface area contributed by atoms with Gasteiger partial charge in [-0.25, -0.2) is 0 Å². The molecule has 3 heterocycles. The first-order chi connectivity index (χ1) is 9.92. The van der Waals surface area contributed by atoms with Crippen molar-refractivity contribution < 1.29 is 4.74 Å². The Morgan fingerprint density at radius 2 is 2.00 bits per heavy atom. The van der Waals surface area contributed by atoms with Gasteiger partial charge in [-0.1, -0.05) is 0 Å². The van der Waals surface area contributed by atoms with Crippen LogP contribution in [0.25, 0.3) is 0 Å². The van der Waals surface area contributed by atoms with E-state index in [0.29, 0.717) is 25.7 Å². The van der Waals surface area contributed by atoms with E-state index in [1.807, 2.05) is 12.1 Å². The maximum absolute atomic E-state index is 5.32. The molecular weight excluding hydrogens is 256 g/mol. The van der Waals surface area contributed by atoms with Gasteiger partial charge in [0, 0.05) is 32.0 Å². The van der Waals surface area contributed by atoms with E-state index in [1.165, 1.54) is 0 Å². The molecular formula is C13H16N6O. The number of pyridine rings is 1. The molecule has 104 valence electrons. The van der Waals surface area contributed by atoms with Gasteiger partial charge >= 0.3 is 0 Å². The van der Waals surface area contributed by atoms with Crippen LogP contribution in [0.5, 0.6) is 0 Å². The molecule has 1 aliphatic rings. The Hall–Kier alpha value is -2.28. The van der Waals surface area contributed by atoms with Crippen LogP contribution in [0.4, 0.5) is 11.8 Å². The second kappa shape index (κ2) is 6.25. The molecule has 2 aromatic heterocycles. The minimum atomic E-state index is 0.646. The highest BCUT2D eigenvalue weighted by Gasteiger charge is 2.14. The van der Waals surface area contributed by atoms with Crippen LogP contribution in [0.2, 0.25) is 0 Å². The summed E-state index contributed by atoms with van der Waals surface area (Å²) in [6, 6.07) is 3.93. The molecule has 0 atom stereocenters. The number of nitrogens with one attached hydrogen (secondary N) is 1. The first-order valence-electron chi connectivity index (χ1n) is 6.57. The van der Waals surface area contributed by atoms with E-state index in [2.05, 4.69) is 30.4 Å². The lowest BCUT2D eigenvalue weighted by Crippen LogP contribution is -2.37. The highest BCUT2D eigenvalue weighted by Crippen LogP contribution is 2.11. The molecule has 1 N–H and O–H groups in total. The van der Waals surface area contributed by atoms with Crippen LogP contribution in [0.15, 0.2) is 30.7 Å². The quantitative estimate of drug-likeness (QED) is 0.878. The smallest absolute Gasteiger partial charge is 0.247 e. The van der Waals surface area contributed by atoms with Gasteiger partial charge in [0.2, 0.25) is 5.95 Å². The van der Waals surface area contributed by atoms with Crippen LogP contribution in [0, 0.1) is 0 Å². The van der Waals surface area contributed by atoms with E-state index in [0.717, 1.165) is 24.5 Å². The van der Waals surface area contributed by atoms with Gasteiger partial charge in [0.15, 0.2) is 5.82 Å². The molecule has 0 spiro atoms. The minimum absolute atomic E-state index is 0.646. The Balaban J connectivity index is 1.65. The van der Waals surface area contributed by atoms with Crippen LogP contribution in [-0.4, -0.2) is 46.5 Å². The zero-order valence-corrected chi connectivity index (χ0v) is 11.1. The fourth-order valence-electron chi connectivity index (χ4n) is 1.97. The first-order valence-corrected chi connectivity index (χ1v) is 6.57. The number of anilines is 2. The van der Waals surface area contributed by atoms with Gasteiger partial charge < -0.3 is 15.0 Å². The average Bonchev–Trinajstić information content (AvgIpc) is 2.55. The van der Waals surface area contributed by atoms with E-state index in [4.69, 9.17) is 4.74 Å². The van der Waals surface area contributed by atoms with Crippen molar-refractivity contribution in [1.29, 1.82) is 0 Å². The van der Waals surface area contributed by atoms with Gasteiger partial charge in [-0.3, -0.25) is 4.98 Å². The standard InChI is InChI=1S/C13H16N6O/c1-3-14-4-2-11(1)9-15-12-10-16-18-13(17-12)19-5-7-20-8-6-19/h1-4,10H,5-9H2,(H,15,17,18). The molecule has 0 aliphatic carbocycles. The zero-order valence-electron chi connectivity index (χ0n) is 11.1. The summed E-state index contributed by atoms with van der Waals surface area (Å²) in [5.41, 5.74) is 1.14. The van der Waals surface area contributed by atoms with Gasteiger partial charge in [0.05, 0.1) is 19.4 Å². The van der Waals surface area contributed by atoms with Gasteiger partial charge in [-0.2, -0.15) is 10.1 Å². The van der Waals surface area contributed by atoms with Crippen LogP contribution in [-0.2, 0) is 11.3 Å². The van der Waals surface area contributed by atoms with Crippen molar-refractivity contribution in [2.75, 3.05) is 36.5 Å². The molecule has 1 fully saturated rings. The average molecular weight is 272 g/mol. The Labute approximate surface area is 117 Å². The number of ether oxygens (including phenoxy) is 1. The van der Waals surface area contributed by atoms with Crippen LogP contribution in [0.1, 0.15) is 5.56 Å². The van der Waals surface area contributed by atoms with Crippen molar-refractivity contribution in [3.63, 3.8) is 0 Å². The van der Waals surface area contributed by atoms with Crippen LogP contribution >= 0.6 is 0 Å². The van der Waals surface area contributed by atoms with Crippen molar-refractivity contribution in [3.8, 4) is 0 Å². The van der Waals surface area contributed by atoms with Gasteiger partial charge in [0.25, 0.3) is 0 Å². The molecule has 7 heteroatoms. The number of nitrogens with zero attached hydrogens (tertiary/aromatic N) is 5. The predicted molar refractivity (Wildman–Crippen MR) is 74.4 cm³/mol. The molecule has 1 aliphatic heterocycles. The fraction of sp³-hybridized carbons (Fsp3) is 0.385. The summed E-state index contributed by atoms with van der Waals surface area (Å²) in [6.45, 7) is 3.70. The highest BCUT2D eigenvalue weighted by molar-refractivity contribution is 5.39. The maximum Gasteiger partial charge on any atom is 0.247 e. The molecule has 20 heavy (non-hydrogen) atoms. The second-order valence-corrected chi connectivity index (χ2v) is 4.45. The van der Waals surface area contributed by atoms with Crippen molar-refractivity contribution >= 4 is 11.8 Å². The summed E-state index contributed by atoms with van der Waals surface area (Å²) in [5, 5.41) is 11.3. The molecule has 0 radical (unpaired) electrons. The first kappa shape index (κ1) is 12.7. The Morgan fingerprint density at radius 1 is 1.20 bits per heavy atom. The lowest BCUT2D eigenvalue weighted by Gasteiger charge is -2.26. The number of hydrogen-bond acceptors (Lipinski definition) is 7. The Bertz CT molecular complexity index is 544. The zero-order chi connectivity index (χ0) is 13.6. The summed E-state index contributed by atoms with van der Waals surface area (Å²) >= 11 is 0. The molecule has 0 aromatic carbocycles. The molecule has 7 nitrogen and oxygen atoms in total. The molecule has 3 rings (SSSR count). The Morgan fingerprint density at radius 3 is 2.80 bits per heavy atom. The van der Waals surface area contributed by atoms with E-state index < -0.39 is 0 Å². The third kappa shape index (κ3) is 3.18. The topological polar surface area (TPSA) is 76.1 Å². The highest BCUT2D eigenvalue weighted by atomic mass is 16.5. The summed E-state index contributed by atoms with van der Waals surface area (Å²) in [6.07, 6.45) is 5.17. The number of rotatable bonds is 4. The van der Waals surface area contributed by atoms with Crippen molar-refractivity contribution in [3.05, 3.63) is 36.3 Å². The van der Waals surface area contributed by atoms with E-state index in [-0.39, 0.29) is 0 Å². The number of morpholine rings is 1. The monoisotopic (exact) mass is 272 g/mol. The lowest BCUT2D eigenvalue weighted by atomic mass is 10.3. The number of hydrogen-bond donors (Lipinski definition) is 1. The third-order valence-electron chi connectivity index (χ3n) is 3.06. The minimum Gasteiger partial charge on any atom is -0.378 e. The van der Waals surface area contributed by atoms with Gasteiger partial charge in [0.1, 0.15) is 0 Å². The molecule has 0 saturated carbocycles. The molecule has 0 unspecified atom stereocenters. The van der Waals surface area contributed by atoms with E-state index in [9.17, 15) is 0 Å². The molecule has 0 bridgehead atoms. The SMILES string of the molecule is c1cc(CNc2cnnc(N3CCOCC3)n2)ccn1. The summed E-state index contributed by atoms with van der Waals surface area (Å²) in [7, 11) is 0. The molecule has 1 saturated heterocycles. The summed E-state index contributed by atoms with van der Waals surface area (Å²) in [5.74, 6) is 1.37. The molecule has 0 amide bonds. The van der Waals surface area contributed by atoms with Crippen LogP contribution < -0.4 is 10.2 Å². The van der Waals surface area contributed by atoms with Gasteiger partial charge in [-0.15, -0.1) is 5.10 Å². The van der Waals surface area contributed by atoms with Crippen molar-refractivity contribution in [1.82, 2.24) is 20.2 Å². The summed E-state index contributed by atoms with van der Waals surface area (Å²) < 4.78 is 5.32. The molecule has 2 aromatic rings. The van der Waals surface area contributed by atoms with Gasteiger partial charge in [-0.05, 0) is 17.7 Å². The normalized spacial score (nSPS) is 15.1. The fourth-order valence-corrected chi connectivity index (χ4v) is 1.97. The summed E-state index contributed by atoms with van der Waals surface area (Å²) in [4.78, 5) is 10.6. The van der Waals surface area contributed by atoms with Crippen molar-refractivity contribution in [2.24, 2.45) is 0 Å². The largest absolute Gasteiger partial charge is 0.378 e. The van der Waals surface area contributed by atoms with Crippen LogP contribution in [0.3, 0.4) is 0 Å². The third-order valence-corrected chi connectivity index (χ3v) is 3.06. The number of aromatic nitrogens is 4. The predicted octanol–water partition coefficient (Wildman–Crippen LogP) is 0.715.